The lowest BCUT2D eigenvalue weighted by Crippen LogP contribution is -2.60. The van der Waals surface area contributed by atoms with Gasteiger partial charge < -0.3 is 9.29 Å². The zero-order valence-electron chi connectivity index (χ0n) is 14.8. The topological polar surface area (TPSA) is 101 Å². The van der Waals surface area contributed by atoms with Crippen molar-refractivity contribution in [3.05, 3.63) is 35.9 Å². The number of carbonyl (C=O) groups excluding carboxylic acids is 2. The summed E-state index contributed by atoms with van der Waals surface area (Å²) in [5, 5.41) is 0. The average Bonchev–Trinajstić information content (AvgIpc) is 2.58. The molecule has 0 saturated heterocycles. The van der Waals surface area contributed by atoms with Crippen LogP contribution in [0.5, 0.6) is 0 Å². The molecule has 0 aromatic heterocycles. The molecule has 0 N–H and O–H groups in total. The highest BCUT2D eigenvalue weighted by atomic mass is 32.2. The van der Waals surface area contributed by atoms with Crippen LogP contribution in [0.4, 0.5) is 8.78 Å². The number of carbonyl (C=O) groups is 2. The summed E-state index contributed by atoms with van der Waals surface area (Å²) in [6.45, 7) is 0. The summed E-state index contributed by atoms with van der Waals surface area (Å²) in [6.07, 6.45) is -1.68. The van der Waals surface area contributed by atoms with Gasteiger partial charge in [-0.3, -0.25) is 4.79 Å². The van der Waals surface area contributed by atoms with Gasteiger partial charge in [0.05, 0.1) is 0 Å². The second kappa shape index (κ2) is 6.32. The number of ether oxygens (including phenoxy) is 1. The first kappa shape index (κ1) is 19.4. The van der Waals surface area contributed by atoms with Gasteiger partial charge in [-0.05, 0) is 43.6 Å². The van der Waals surface area contributed by atoms with Gasteiger partial charge in [-0.2, -0.15) is 0 Å². The van der Waals surface area contributed by atoms with Crippen LogP contribution in [0.3, 0.4) is 0 Å². The molecule has 9 heteroatoms. The molecule has 5 rings (SSSR count). The van der Waals surface area contributed by atoms with Gasteiger partial charge in [0, 0.05) is 11.8 Å². The minimum absolute atomic E-state index is 0.0993. The highest BCUT2D eigenvalue weighted by Gasteiger charge is 2.62. The van der Waals surface area contributed by atoms with Crippen LogP contribution < -0.4 is 0 Å². The number of alkyl halides is 2. The molecule has 28 heavy (non-hydrogen) atoms. The van der Waals surface area contributed by atoms with E-state index < -0.39 is 38.4 Å². The van der Waals surface area contributed by atoms with Crippen LogP contribution >= 0.6 is 0 Å². The first-order chi connectivity index (χ1) is 13.1. The summed E-state index contributed by atoms with van der Waals surface area (Å²) in [5.41, 5.74) is -1.79. The molecule has 4 aliphatic carbocycles. The summed E-state index contributed by atoms with van der Waals surface area (Å²) in [4.78, 5) is 25.2. The molecule has 0 spiro atoms. The zero-order valence-corrected chi connectivity index (χ0v) is 15.7. The second-order valence-electron chi connectivity index (χ2n) is 8.18. The number of hydrogen-bond donors (Lipinski definition) is 0. The van der Waals surface area contributed by atoms with Crippen molar-refractivity contribution in [2.24, 2.45) is 17.8 Å². The Morgan fingerprint density at radius 2 is 1.71 bits per heavy atom. The Balaban J connectivity index is 1.75. The molecule has 1 aromatic carbocycles. The Bertz CT molecular complexity index is 898. The fourth-order valence-electron chi connectivity index (χ4n) is 5.45. The largest absolute Gasteiger partial charge is 0.747 e. The Labute approximate surface area is 161 Å². The van der Waals surface area contributed by atoms with E-state index in [0.29, 0.717) is 19.3 Å². The summed E-state index contributed by atoms with van der Waals surface area (Å²) in [6, 6.07) is 6.01. The molecule has 152 valence electrons. The minimum atomic E-state index is -5.81. The maximum Gasteiger partial charge on any atom is 0.337 e. The van der Waals surface area contributed by atoms with Crippen molar-refractivity contribution in [2.45, 2.75) is 48.9 Å². The molecule has 3 atom stereocenters. The molecule has 0 radical (unpaired) electrons. The summed E-state index contributed by atoms with van der Waals surface area (Å²) >= 11 is 0. The van der Waals surface area contributed by atoms with E-state index in [1.54, 1.807) is 0 Å². The Hall–Kier alpha value is -1.87. The molecule has 4 fully saturated rings. The van der Waals surface area contributed by atoms with E-state index in [9.17, 15) is 31.3 Å². The Morgan fingerprint density at radius 3 is 2.21 bits per heavy atom. The van der Waals surface area contributed by atoms with E-state index in [-0.39, 0.29) is 36.4 Å². The molecule has 1 aromatic rings. The average molecular weight is 413 g/mol. The van der Waals surface area contributed by atoms with E-state index in [1.165, 1.54) is 18.2 Å². The lowest BCUT2D eigenvalue weighted by molar-refractivity contribution is -0.195. The third-order valence-corrected chi connectivity index (χ3v) is 7.82. The standard InChI is InChI=1S/C19H20F2O6S/c20-16(21)19(28(24,25)26,14-4-2-1-3-5-14)17(23)27-18-8-11-6-12(9-18)15(22)13(7-11)10-18/h1-5,11-13,16H,6-10H2,(H,24,25,26)/p-1. The smallest absolute Gasteiger partial charge is 0.337 e. The van der Waals surface area contributed by atoms with Crippen LogP contribution in [-0.2, 0) is 29.2 Å². The predicted octanol–water partition coefficient (Wildman–Crippen LogP) is 2.38. The van der Waals surface area contributed by atoms with Crippen LogP contribution in [0, 0.1) is 17.8 Å². The normalized spacial score (nSPS) is 33.7. The van der Waals surface area contributed by atoms with Crippen molar-refractivity contribution in [3.8, 4) is 0 Å². The van der Waals surface area contributed by atoms with Crippen LogP contribution in [0.1, 0.15) is 37.7 Å². The van der Waals surface area contributed by atoms with Gasteiger partial charge in [-0.1, -0.05) is 30.3 Å². The van der Waals surface area contributed by atoms with Crippen molar-refractivity contribution in [2.75, 3.05) is 0 Å². The predicted molar refractivity (Wildman–Crippen MR) is 91.2 cm³/mol. The molecule has 3 unspecified atom stereocenters. The number of Topliss-reactive ketones (excluding diaryl/α,β-unsaturated/α-hetero) is 1. The Kier molecular flexibility index (Phi) is 4.39. The number of esters is 1. The molecule has 0 amide bonds. The van der Waals surface area contributed by atoms with Crippen molar-refractivity contribution < 1.29 is 36.1 Å². The van der Waals surface area contributed by atoms with Gasteiger partial charge in [0.1, 0.15) is 21.5 Å². The second-order valence-corrected chi connectivity index (χ2v) is 9.73. The van der Waals surface area contributed by atoms with Crippen LogP contribution in [-0.4, -0.2) is 36.7 Å². The number of halogens is 2. The molecule has 0 heterocycles. The summed E-state index contributed by atoms with van der Waals surface area (Å²) in [7, 11) is -5.81. The zero-order chi connectivity index (χ0) is 20.3. The van der Waals surface area contributed by atoms with E-state index in [2.05, 4.69) is 0 Å². The number of ketones is 1. The third kappa shape index (κ3) is 2.70. The molecule has 0 aliphatic heterocycles. The molecule has 6 nitrogen and oxygen atoms in total. The quantitative estimate of drug-likeness (QED) is 0.543. The lowest BCUT2D eigenvalue weighted by atomic mass is 9.53. The molecule has 4 aliphatic rings. The monoisotopic (exact) mass is 413 g/mol. The summed E-state index contributed by atoms with van der Waals surface area (Å²) < 4.78 is 65.9. The SMILES string of the molecule is O=C1C2CC3CC1CC(OC(=O)C(c1ccccc1)(C(F)F)S(=O)(=O)[O-])(C3)C2. The van der Waals surface area contributed by atoms with E-state index in [1.807, 2.05) is 0 Å². The maximum atomic E-state index is 14.1. The van der Waals surface area contributed by atoms with Crippen LogP contribution in [0.2, 0.25) is 0 Å². The van der Waals surface area contributed by atoms with Crippen molar-refractivity contribution >= 4 is 21.9 Å². The molecule has 4 saturated carbocycles. The summed E-state index contributed by atoms with van der Waals surface area (Å²) in [5.74, 6) is -2.13. The van der Waals surface area contributed by atoms with Crippen molar-refractivity contribution in [3.63, 3.8) is 0 Å². The molecule has 4 bridgehead atoms. The number of rotatable bonds is 5. The molecular weight excluding hydrogens is 394 g/mol. The third-order valence-electron chi connectivity index (χ3n) is 6.45. The van der Waals surface area contributed by atoms with Gasteiger partial charge >= 0.3 is 5.97 Å². The maximum absolute atomic E-state index is 14.1. The Morgan fingerprint density at radius 1 is 1.14 bits per heavy atom. The lowest BCUT2D eigenvalue weighted by Gasteiger charge is -2.55. The van der Waals surface area contributed by atoms with Gasteiger partial charge in [-0.25, -0.2) is 22.0 Å². The molecular formula is C19H19F2O6S-. The van der Waals surface area contributed by atoms with Gasteiger partial charge in [0.25, 0.3) is 6.43 Å². The number of benzene rings is 1. The number of hydrogen-bond acceptors (Lipinski definition) is 6. The van der Waals surface area contributed by atoms with Crippen molar-refractivity contribution in [1.29, 1.82) is 0 Å². The van der Waals surface area contributed by atoms with E-state index in [4.69, 9.17) is 4.74 Å². The van der Waals surface area contributed by atoms with Gasteiger partial charge in [0.2, 0.25) is 4.75 Å². The fourth-order valence-corrected chi connectivity index (χ4v) is 6.34. The van der Waals surface area contributed by atoms with Gasteiger partial charge in [0.15, 0.2) is 0 Å². The minimum Gasteiger partial charge on any atom is -0.747 e. The highest BCUT2D eigenvalue weighted by molar-refractivity contribution is 7.87. The fraction of sp³-hybridized carbons (Fsp3) is 0.579. The highest BCUT2D eigenvalue weighted by Crippen LogP contribution is 2.56. The van der Waals surface area contributed by atoms with Crippen molar-refractivity contribution in [1.82, 2.24) is 0 Å². The van der Waals surface area contributed by atoms with Crippen LogP contribution in [0.15, 0.2) is 30.3 Å². The van der Waals surface area contributed by atoms with E-state index in [0.717, 1.165) is 12.1 Å². The van der Waals surface area contributed by atoms with E-state index >= 15 is 0 Å². The first-order valence-electron chi connectivity index (χ1n) is 9.15. The van der Waals surface area contributed by atoms with Gasteiger partial charge in [-0.15, -0.1) is 0 Å². The van der Waals surface area contributed by atoms with Crippen LogP contribution in [0.25, 0.3) is 0 Å². The first-order valence-corrected chi connectivity index (χ1v) is 10.6.